The summed E-state index contributed by atoms with van der Waals surface area (Å²) >= 11 is 0. The molecule has 0 aromatic heterocycles. The van der Waals surface area contributed by atoms with E-state index >= 15 is 0 Å². The fourth-order valence-electron chi connectivity index (χ4n) is 1.77. The van der Waals surface area contributed by atoms with E-state index in [1.807, 2.05) is 6.92 Å². The molecule has 1 aromatic rings. The summed E-state index contributed by atoms with van der Waals surface area (Å²) in [6.45, 7) is 1.95. The normalized spacial score (nSPS) is 14.5. The highest BCUT2D eigenvalue weighted by Crippen LogP contribution is 2.15. The largest absolute Gasteiger partial charge is 0.382 e. The van der Waals surface area contributed by atoms with E-state index in [1.165, 1.54) is 6.07 Å². The predicted octanol–water partition coefficient (Wildman–Crippen LogP) is 2.15. The summed E-state index contributed by atoms with van der Waals surface area (Å²) in [5.74, 6) is 3.81. The van der Waals surface area contributed by atoms with Gasteiger partial charge in [0.25, 0.3) is 0 Å². The van der Waals surface area contributed by atoms with Gasteiger partial charge in [-0.05, 0) is 37.8 Å². The number of nitrogens with one attached hydrogen (secondary N) is 1. The number of methoxy groups -OCH3 is 1. The predicted molar refractivity (Wildman–Crippen MR) is 66.9 cm³/mol. The number of hydrazine groups is 1. The summed E-state index contributed by atoms with van der Waals surface area (Å²) in [5, 5.41) is 0. The van der Waals surface area contributed by atoms with Gasteiger partial charge in [0.2, 0.25) is 0 Å². The molecule has 0 amide bonds. The van der Waals surface area contributed by atoms with Crippen LogP contribution in [0.2, 0.25) is 0 Å². The van der Waals surface area contributed by atoms with Crippen molar-refractivity contribution in [1.82, 2.24) is 5.43 Å². The molecule has 0 spiro atoms. The lowest BCUT2D eigenvalue weighted by molar-refractivity contribution is 0.106. The third-order valence-corrected chi connectivity index (χ3v) is 3.06. The van der Waals surface area contributed by atoms with Crippen LogP contribution in [0.15, 0.2) is 18.2 Å². The third kappa shape index (κ3) is 4.33. The zero-order valence-corrected chi connectivity index (χ0v) is 10.7. The Bertz CT molecular complexity index is 374. The van der Waals surface area contributed by atoms with Crippen LogP contribution in [0, 0.1) is 11.6 Å². The van der Waals surface area contributed by atoms with E-state index in [9.17, 15) is 8.78 Å². The summed E-state index contributed by atoms with van der Waals surface area (Å²) < 4.78 is 31.7. The SMILES string of the molecule is COC(C)CCC(Cc1cccc(F)c1F)NN. The molecule has 18 heavy (non-hydrogen) atoms. The summed E-state index contributed by atoms with van der Waals surface area (Å²) in [6.07, 6.45) is 2.03. The van der Waals surface area contributed by atoms with E-state index in [2.05, 4.69) is 5.43 Å². The van der Waals surface area contributed by atoms with E-state index in [1.54, 1.807) is 13.2 Å². The van der Waals surface area contributed by atoms with E-state index in [4.69, 9.17) is 10.6 Å². The lowest BCUT2D eigenvalue weighted by Crippen LogP contribution is -2.37. The van der Waals surface area contributed by atoms with Crippen LogP contribution in [0.1, 0.15) is 25.3 Å². The number of hydrogen-bond acceptors (Lipinski definition) is 3. The van der Waals surface area contributed by atoms with Crippen LogP contribution in [0.25, 0.3) is 0 Å². The van der Waals surface area contributed by atoms with Crippen molar-refractivity contribution in [3.05, 3.63) is 35.4 Å². The van der Waals surface area contributed by atoms with Gasteiger partial charge in [0.05, 0.1) is 6.10 Å². The minimum Gasteiger partial charge on any atom is -0.382 e. The third-order valence-electron chi connectivity index (χ3n) is 3.06. The van der Waals surface area contributed by atoms with Gasteiger partial charge in [-0.15, -0.1) is 0 Å². The molecule has 2 unspecified atom stereocenters. The Hall–Kier alpha value is -1.04. The molecule has 0 radical (unpaired) electrons. The highest BCUT2D eigenvalue weighted by atomic mass is 19.2. The van der Waals surface area contributed by atoms with Gasteiger partial charge in [-0.3, -0.25) is 11.3 Å². The van der Waals surface area contributed by atoms with E-state index in [0.717, 1.165) is 18.9 Å². The zero-order chi connectivity index (χ0) is 13.5. The fourth-order valence-corrected chi connectivity index (χ4v) is 1.77. The van der Waals surface area contributed by atoms with E-state index < -0.39 is 11.6 Å². The average molecular weight is 258 g/mol. The summed E-state index contributed by atoms with van der Waals surface area (Å²) in [4.78, 5) is 0. The van der Waals surface area contributed by atoms with Gasteiger partial charge in [-0.1, -0.05) is 12.1 Å². The first-order chi connectivity index (χ1) is 8.58. The Morgan fingerprint density at radius 3 is 2.67 bits per heavy atom. The first kappa shape index (κ1) is 15.0. The Balaban J connectivity index is 2.59. The van der Waals surface area contributed by atoms with Crippen molar-refractivity contribution in [2.24, 2.45) is 5.84 Å². The van der Waals surface area contributed by atoms with Crippen LogP contribution < -0.4 is 11.3 Å². The number of ether oxygens (including phenoxy) is 1. The molecular weight excluding hydrogens is 238 g/mol. The van der Waals surface area contributed by atoms with Crippen molar-refractivity contribution in [2.75, 3.05) is 7.11 Å². The van der Waals surface area contributed by atoms with Gasteiger partial charge < -0.3 is 4.74 Å². The summed E-state index contributed by atoms with van der Waals surface area (Å²) in [7, 11) is 1.64. The lowest BCUT2D eigenvalue weighted by atomic mass is 10.0. The Morgan fingerprint density at radius 1 is 1.33 bits per heavy atom. The van der Waals surface area contributed by atoms with Crippen molar-refractivity contribution in [3.8, 4) is 0 Å². The summed E-state index contributed by atoms with van der Waals surface area (Å²) in [6, 6.07) is 4.08. The second-order valence-corrected chi connectivity index (χ2v) is 4.40. The van der Waals surface area contributed by atoms with Gasteiger partial charge in [-0.2, -0.15) is 0 Å². The minimum absolute atomic E-state index is 0.0982. The van der Waals surface area contributed by atoms with E-state index in [0.29, 0.717) is 12.0 Å². The molecule has 0 fully saturated rings. The number of rotatable bonds is 7. The monoisotopic (exact) mass is 258 g/mol. The topological polar surface area (TPSA) is 47.3 Å². The fraction of sp³-hybridized carbons (Fsp3) is 0.538. The molecular formula is C13H20F2N2O. The Morgan fingerprint density at radius 2 is 2.06 bits per heavy atom. The summed E-state index contributed by atoms with van der Waals surface area (Å²) in [5.41, 5.74) is 2.97. The first-order valence-electron chi connectivity index (χ1n) is 6.00. The van der Waals surface area contributed by atoms with Crippen molar-refractivity contribution in [3.63, 3.8) is 0 Å². The van der Waals surface area contributed by atoms with Crippen molar-refractivity contribution in [1.29, 1.82) is 0 Å². The molecule has 0 aliphatic heterocycles. The van der Waals surface area contributed by atoms with Crippen LogP contribution in [0.4, 0.5) is 8.78 Å². The highest BCUT2D eigenvalue weighted by molar-refractivity contribution is 5.19. The molecule has 0 saturated carbocycles. The van der Waals surface area contributed by atoms with Gasteiger partial charge in [0, 0.05) is 13.2 Å². The quantitative estimate of drug-likeness (QED) is 0.582. The molecule has 0 aliphatic carbocycles. The maximum absolute atomic E-state index is 13.5. The highest BCUT2D eigenvalue weighted by Gasteiger charge is 2.14. The van der Waals surface area contributed by atoms with Gasteiger partial charge in [-0.25, -0.2) is 8.78 Å². The van der Waals surface area contributed by atoms with Crippen molar-refractivity contribution < 1.29 is 13.5 Å². The minimum atomic E-state index is -0.825. The second-order valence-electron chi connectivity index (χ2n) is 4.40. The molecule has 0 bridgehead atoms. The van der Waals surface area contributed by atoms with Gasteiger partial charge in [0.15, 0.2) is 11.6 Å². The molecule has 5 heteroatoms. The van der Waals surface area contributed by atoms with E-state index in [-0.39, 0.29) is 12.1 Å². The number of hydrogen-bond donors (Lipinski definition) is 2. The van der Waals surface area contributed by atoms with Crippen LogP contribution in [0.3, 0.4) is 0 Å². The maximum atomic E-state index is 13.5. The van der Waals surface area contributed by atoms with Gasteiger partial charge >= 0.3 is 0 Å². The van der Waals surface area contributed by atoms with Crippen LogP contribution in [-0.4, -0.2) is 19.3 Å². The molecule has 0 saturated heterocycles. The van der Waals surface area contributed by atoms with Crippen LogP contribution in [0.5, 0.6) is 0 Å². The zero-order valence-electron chi connectivity index (χ0n) is 10.7. The number of nitrogens with two attached hydrogens (primary N) is 1. The Kier molecular flexibility index (Phi) is 6.18. The molecule has 0 aliphatic rings. The Labute approximate surface area is 106 Å². The average Bonchev–Trinajstić information content (AvgIpc) is 2.38. The number of benzene rings is 1. The first-order valence-corrected chi connectivity index (χ1v) is 6.00. The van der Waals surface area contributed by atoms with Gasteiger partial charge in [0.1, 0.15) is 0 Å². The molecule has 0 heterocycles. The van der Waals surface area contributed by atoms with Crippen LogP contribution >= 0.6 is 0 Å². The lowest BCUT2D eigenvalue weighted by Gasteiger charge is -2.18. The molecule has 2 atom stereocenters. The molecule has 3 N–H and O–H groups in total. The smallest absolute Gasteiger partial charge is 0.162 e. The standard InChI is InChI=1S/C13H20F2N2O/c1-9(18-2)6-7-11(17-16)8-10-4-3-5-12(14)13(10)15/h3-5,9,11,17H,6-8,16H2,1-2H3. The van der Waals surface area contributed by atoms with Crippen LogP contribution in [-0.2, 0) is 11.2 Å². The van der Waals surface area contributed by atoms with Crippen molar-refractivity contribution >= 4 is 0 Å². The maximum Gasteiger partial charge on any atom is 0.162 e. The molecule has 1 aromatic carbocycles. The number of halogens is 2. The molecule has 102 valence electrons. The van der Waals surface area contributed by atoms with Crippen molar-refractivity contribution in [2.45, 2.75) is 38.3 Å². The molecule has 3 nitrogen and oxygen atoms in total. The second kappa shape index (κ2) is 7.41. The molecule has 1 rings (SSSR count).